The van der Waals surface area contributed by atoms with Crippen LogP contribution in [0.3, 0.4) is 0 Å². The summed E-state index contributed by atoms with van der Waals surface area (Å²) in [5.74, 6) is -0.569. The molecule has 0 atom stereocenters. The topological polar surface area (TPSA) is 58.2 Å². The van der Waals surface area contributed by atoms with Gasteiger partial charge in [-0.2, -0.15) is 0 Å². The van der Waals surface area contributed by atoms with Gasteiger partial charge < -0.3 is 10.6 Å². The van der Waals surface area contributed by atoms with Crippen molar-refractivity contribution in [2.45, 2.75) is 13.3 Å². The molecule has 0 radical (unpaired) electrons. The predicted octanol–water partition coefficient (Wildman–Crippen LogP) is 2.04. The Kier molecular flexibility index (Phi) is 2.48. The minimum atomic E-state index is -0.285. The van der Waals surface area contributed by atoms with Crippen molar-refractivity contribution in [2.75, 3.05) is 10.6 Å². The Morgan fingerprint density at radius 2 is 1.87 bits per heavy atom. The van der Waals surface area contributed by atoms with Gasteiger partial charge in [0, 0.05) is 4.47 Å². The number of carbonyl (C=O) groups excluding carboxylic acids is 2. The van der Waals surface area contributed by atoms with Gasteiger partial charge in [0.05, 0.1) is 11.4 Å². The number of hydrogen-bond acceptors (Lipinski definition) is 2. The minimum absolute atomic E-state index is 0.133. The number of anilines is 2. The first-order chi connectivity index (χ1) is 7.08. The van der Waals surface area contributed by atoms with Crippen LogP contribution in [0.25, 0.3) is 0 Å². The summed E-state index contributed by atoms with van der Waals surface area (Å²) in [7, 11) is 0. The number of halogens is 1. The first kappa shape index (κ1) is 10.2. The van der Waals surface area contributed by atoms with Crippen LogP contribution in [-0.4, -0.2) is 11.8 Å². The summed E-state index contributed by atoms with van der Waals surface area (Å²) < 4.78 is 0.901. The molecule has 2 N–H and O–H groups in total. The molecule has 1 aromatic carbocycles. The van der Waals surface area contributed by atoms with Crippen molar-refractivity contribution in [1.82, 2.24) is 0 Å². The SMILES string of the molecule is Cc1c(Br)ccc2c1NC(=O)CC(=O)N2. The zero-order valence-electron chi connectivity index (χ0n) is 8.06. The highest BCUT2D eigenvalue weighted by Gasteiger charge is 2.20. The number of amides is 2. The first-order valence-electron chi connectivity index (χ1n) is 4.47. The Bertz CT molecular complexity index is 457. The van der Waals surface area contributed by atoms with E-state index in [2.05, 4.69) is 26.6 Å². The third-order valence-electron chi connectivity index (χ3n) is 2.26. The van der Waals surface area contributed by atoms with Crippen LogP contribution in [0, 0.1) is 6.92 Å². The van der Waals surface area contributed by atoms with Crippen LogP contribution < -0.4 is 10.6 Å². The Balaban J connectivity index is 2.56. The van der Waals surface area contributed by atoms with Crippen molar-refractivity contribution in [3.05, 3.63) is 22.2 Å². The molecule has 0 spiro atoms. The third-order valence-corrected chi connectivity index (χ3v) is 3.12. The Hall–Kier alpha value is -1.36. The second-order valence-corrected chi connectivity index (χ2v) is 4.22. The van der Waals surface area contributed by atoms with Crippen molar-refractivity contribution in [3.63, 3.8) is 0 Å². The highest BCUT2D eigenvalue weighted by molar-refractivity contribution is 9.10. The molecule has 2 amide bonds. The average Bonchev–Trinajstić information content (AvgIpc) is 2.30. The molecule has 0 aliphatic carbocycles. The number of nitrogens with one attached hydrogen (secondary N) is 2. The quantitative estimate of drug-likeness (QED) is 0.708. The zero-order chi connectivity index (χ0) is 11.0. The van der Waals surface area contributed by atoms with E-state index < -0.39 is 0 Å². The molecular formula is C10H9BrN2O2. The van der Waals surface area contributed by atoms with Gasteiger partial charge in [-0.1, -0.05) is 15.9 Å². The number of fused-ring (bicyclic) bond motifs is 1. The second-order valence-electron chi connectivity index (χ2n) is 3.37. The lowest BCUT2D eigenvalue weighted by atomic mass is 10.1. The number of carbonyl (C=O) groups is 2. The van der Waals surface area contributed by atoms with Crippen molar-refractivity contribution in [1.29, 1.82) is 0 Å². The molecule has 5 heteroatoms. The van der Waals surface area contributed by atoms with Crippen LogP contribution in [0.4, 0.5) is 11.4 Å². The van der Waals surface area contributed by atoms with Gasteiger partial charge in [0.15, 0.2) is 0 Å². The van der Waals surface area contributed by atoms with E-state index in [1.165, 1.54) is 0 Å². The van der Waals surface area contributed by atoms with Crippen LogP contribution in [0.2, 0.25) is 0 Å². The summed E-state index contributed by atoms with van der Waals surface area (Å²) in [5.41, 5.74) is 2.22. The first-order valence-corrected chi connectivity index (χ1v) is 5.26. The van der Waals surface area contributed by atoms with E-state index in [-0.39, 0.29) is 18.2 Å². The largest absolute Gasteiger partial charge is 0.324 e. The van der Waals surface area contributed by atoms with Crippen LogP contribution in [0.1, 0.15) is 12.0 Å². The summed E-state index contributed by atoms with van der Waals surface area (Å²) in [6, 6.07) is 3.60. The maximum Gasteiger partial charge on any atom is 0.233 e. The third kappa shape index (κ3) is 1.87. The van der Waals surface area contributed by atoms with Gasteiger partial charge in [0.25, 0.3) is 0 Å². The molecule has 2 rings (SSSR count). The summed E-state index contributed by atoms with van der Waals surface area (Å²) in [6.07, 6.45) is -0.133. The Morgan fingerprint density at radius 3 is 2.60 bits per heavy atom. The molecular weight excluding hydrogens is 260 g/mol. The molecule has 0 saturated carbocycles. The number of rotatable bonds is 0. The lowest BCUT2D eigenvalue weighted by molar-refractivity contribution is -0.123. The molecule has 1 aliphatic heterocycles. The zero-order valence-corrected chi connectivity index (χ0v) is 9.64. The van der Waals surface area contributed by atoms with Crippen molar-refractivity contribution < 1.29 is 9.59 Å². The van der Waals surface area contributed by atoms with E-state index in [0.29, 0.717) is 11.4 Å². The van der Waals surface area contributed by atoms with Gasteiger partial charge in [-0.15, -0.1) is 0 Å². The molecule has 1 aromatic rings. The van der Waals surface area contributed by atoms with Gasteiger partial charge in [-0.3, -0.25) is 9.59 Å². The van der Waals surface area contributed by atoms with E-state index in [1.807, 2.05) is 13.0 Å². The smallest absolute Gasteiger partial charge is 0.233 e. The number of hydrogen-bond donors (Lipinski definition) is 2. The fourth-order valence-electron chi connectivity index (χ4n) is 1.48. The van der Waals surface area contributed by atoms with Gasteiger partial charge in [-0.25, -0.2) is 0 Å². The highest BCUT2D eigenvalue weighted by Crippen LogP contribution is 2.32. The summed E-state index contributed by atoms with van der Waals surface area (Å²) >= 11 is 3.37. The minimum Gasteiger partial charge on any atom is -0.324 e. The van der Waals surface area contributed by atoms with E-state index in [0.717, 1.165) is 10.0 Å². The van der Waals surface area contributed by atoms with Gasteiger partial charge in [-0.05, 0) is 24.6 Å². The molecule has 0 fully saturated rings. The predicted molar refractivity (Wildman–Crippen MR) is 60.8 cm³/mol. The van der Waals surface area contributed by atoms with E-state index in [1.54, 1.807) is 6.07 Å². The van der Waals surface area contributed by atoms with Crippen molar-refractivity contribution in [2.24, 2.45) is 0 Å². The summed E-state index contributed by atoms with van der Waals surface area (Å²) in [4.78, 5) is 22.6. The van der Waals surface area contributed by atoms with Crippen molar-refractivity contribution >= 4 is 39.1 Å². The average molecular weight is 269 g/mol. The van der Waals surface area contributed by atoms with Crippen LogP contribution in [-0.2, 0) is 9.59 Å². The maximum atomic E-state index is 11.3. The van der Waals surface area contributed by atoms with Crippen LogP contribution in [0.15, 0.2) is 16.6 Å². The Morgan fingerprint density at radius 1 is 1.20 bits per heavy atom. The maximum absolute atomic E-state index is 11.3. The fraction of sp³-hybridized carbons (Fsp3) is 0.200. The van der Waals surface area contributed by atoms with Gasteiger partial charge in [0.1, 0.15) is 6.42 Å². The number of benzene rings is 1. The standard InChI is InChI=1S/C10H9BrN2O2/c1-5-6(11)2-3-7-10(5)13-9(15)4-8(14)12-7/h2-3H,4H2,1H3,(H,12,14)(H,13,15). The molecule has 0 unspecified atom stereocenters. The van der Waals surface area contributed by atoms with E-state index in [4.69, 9.17) is 0 Å². The van der Waals surface area contributed by atoms with E-state index in [9.17, 15) is 9.59 Å². The molecule has 1 aliphatic rings. The van der Waals surface area contributed by atoms with Crippen molar-refractivity contribution in [3.8, 4) is 0 Å². The highest BCUT2D eigenvalue weighted by atomic mass is 79.9. The monoisotopic (exact) mass is 268 g/mol. The van der Waals surface area contributed by atoms with E-state index >= 15 is 0 Å². The van der Waals surface area contributed by atoms with Crippen LogP contribution in [0.5, 0.6) is 0 Å². The van der Waals surface area contributed by atoms with Gasteiger partial charge in [0.2, 0.25) is 11.8 Å². The fourth-order valence-corrected chi connectivity index (χ4v) is 1.81. The summed E-state index contributed by atoms with van der Waals surface area (Å²) in [5, 5.41) is 5.39. The Labute approximate surface area is 95.2 Å². The molecule has 78 valence electrons. The molecule has 0 saturated heterocycles. The molecule has 0 bridgehead atoms. The molecule has 15 heavy (non-hydrogen) atoms. The molecule has 0 aromatic heterocycles. The van der Waals surface area contributed by atoms with Crippen LogP contribution >= 0.6 is 15.9 Å². The molecule has 1 heterocycles. The van der Waals surface area contributed by atoms with Gasteiger partial charge >= 0.3 is 0 Å². The summed E-state index contributed by atoms with van der Waals surface area (Å²) in [6.45, 7) is 1.88. The second kappa shape index (κ2) is 3.66. The normalized spacial score (nSPS) is 15.1. The lowest BCUT2D eigenvalue weighted by Crippen LogP contribution is -2.16. The molecule has 4 nitrogen and oxygen atoms in total. The lowest BCUT2D eigenvalue weighted by Gasteiger charge is -2.11.